The fourth-order valence-corrected chi connectivity index (χ4v) is 3.95. The summed E-state index contributed by atoms with van der Waals surface area (Å²) in [7, 11) is 0. The minimum Gasteiger partial charge on any atom is -0.387 e. The highest BCUT2D eigenvalue weighted by Gasteiger charge is 2.54. The zero-order chi connectivity index (χ0) is 15.0. The quantitative estimate of drug-likeness (QED) is 0.494. The lowest BCUT2D eigenvalue weighted by Gasteiger charge is -2.25. The summed E-state index contributed by atoms with van der Waals surface area (Å²) >= 11 is 0. The summed E-state index contributed by atoms with van der Waals surface area (Å²) in [5.74, 6) is 0. The molecule has 1 aliphatic heterocycles. The minimum atomic E-state index is -0.866. The maximum absolute atomic E-state index is 10.3. The zero-order valence-corrected chi connectivity index (χ0v) is 12.2. The molecule has 0 bridgehead atoms. The molecule has 3 heteroatoms. The van der Waals surface area contributed by atoms with Gasteiger partial charge in [0.05, 0.1) is 0 Å². The first-order chi connectivity index (χ1) is 10.7. The number of fused-ring (bicyclic) bond motifs is 7. The molecule has 2 N–H and O–H groups in total. The third-order valence-electron chi connectivity index (χ3n) is 5.11. The van der Waals surface area contributed by atoms with Crippen molar-refractivity contribution in [2.24, 2.45) is 0 Å². The summed E-state index contributed by atoms with van der Waals surface area (Å²) in [5, 5.41) is 25.2. The number of aliphatic hydroxyl groups is 2. The van der Waals surface area contributed by atoms with Crippen LogP contribution in [-0.4, -0.2) is 22.4 Å². The van der Waals surface area contributed by atoms with E-state index < -0.39 is 12.2 Å². The highest BCUT2D eigenvalue weighted by atomic mass is 16.6. The third-order valence-corrected chi connectivity index (χ3v) is 5.11. The van der Waals surface area contributed by atoms with Gasteiger partial charge >= 0.3 is 0 Å². The molecule has 1 saturated heterocycles. The molecular weight excluding hydrogens is 276 g/mol. The predicted octanol–water partition coefficient (Wildman–Crippen LogP) is 3.15. The van der Waals surface area contributed by atoms with Crippen LogP contribution in [-0.2, 0) is 4.74 Å². The highest BCUT2D eigenvalue weighted by molar-refractivity contribution is 6.10. The van der Waals surface area contributed by atoms with Crippen LogP contribution in [0.5, 0.6) is 0 Å². The van der Waals surface area contributed by atoms with Crippen LogP contribution >= 0.6 is 0 Å². The van der Waals surface area contributed by atoms with Crippen molar-refractivity contribution >= 4 is 21.5 Å². The van der Waals surface area contributed by atoms with Gasteiger partial charge in [-0.3, -0.25) is 0 Å². The molecule has 0 radical (unpaired) electrons. The Kier molecular flexibility index (Phi) is 2.33. The Morgan fingerprint density at radius 3 is 2.45 bits per heavy atom. The van der Waals surface area contributed by atoms with E-state index in [4.69, 9.17) is 4.74 Å². The molecule has 1 heterocycles. The highest BCUT2D eigenvalue weighted by Crippen LogP contribution is 2.53. The average Bonchev–Trinajstić information content (AvgIpc) is 3.33. The number of benzene rings is 3. The van der Waals surface area contributed by atoms with E-state index in [1.165, 1.54) is 21.7 Å². The topological polar surface area (TPSA) is 53.0 Å². The minimum absolute atomic E-state index is 0.0855. The van der Waals surface area contributed by atoms with Crippen LogP contribution < -0.4 is 0 Å². The molecule has 0 amide bonds. The molecule has 1 fully saturated rings. The first-order valence-electron chi connectivity index (χ1n) is 7.63. The SMILES string of the molecule is Cc1cc2c3c(ccc2c2ccccc12)C(O)C(O)[C@@H]1O[C@@H]31. The van der Waals surface area contributed by atoms with E-state index in [9.17, 15) is 10.2 Å². The van der Waals surface area contributed by atoms with Crippen LogP contribution in [0.2, 0.25) is 0 Å². The summed E-state index contributed by atoms with van der Waals surface area (Å²) in [6.07, 6.45) is -2.04. The first-order valence-corrected chi connectivity index (χ1v) is 7.63. The van der Waals surface area contributed by atoms with Crippen LogP contribution in [0.4, 0.5) is 0 Å². The molecule has 2 unspecified atom stereocenters. The Morgan fingerprint density at radius 2 is 1.64 bits per heavy atom. The number of hydrogen-bond acceptors (Lipinski definition) is 3. The van der Waals surface area contributed by atoms with Crippen LogP contribution in [0.25, 0.3) is 21.5 Å². The second-order valence-electron chi connectivity index (χ2n) is 6.36. The van der Waals surface area contributed by atoms with Gasteiger partial charge in [-0.25, -0.2) is 0 Å². The van der Waals surface area contributed by atoms with E-state index in [1.54, 1.807) is 0 Å². The number of aliphatic hydroxyl groups excluding tert-OH is 2. The van der Waals surface area contributed by atoms with Crippen LogP contribution in [0, 0.1) is 6.92 Å². The van der Waals surface area contributed by atoms with Gasteiger partial charge in [0.2, 0.25) is 0 Å². The Hall–Kier alpha value is -1.94. The van der Waals surface area contributed by atoms with Gasteiger partial charge in [-0.15, -0.1) is 0 Å². The van der Waals surface area contributed by atoms with Gasteiger partial charge in [-0.05, 0) is 45.2 Å². The fraction of sp³-hybridized carbons (Fsp3) is 0.263. The van der Waals surface area contributed by atoms with E-state index in [1.807, 2.05) is 6.07 Å². The summed E-state index contributed by atoms with van der Waals surface area (Å²) in [4.78, 5) is 0. The van der Waals surface area contributed by atoms with Crippen LogP contribution in [0.3, 0.4) is 0 Å². The summed E-state index contributed by atoms with van der Waals surface area (Å²) in [6, 6.07) is 14.5. The van der Waals surface area contributed by atoms with Crippen molar-refractivity contribution in [2.75, 3.05) is 0 Å². The molecule has 1 aliphatic carbocycles. The number of ether oxygens (including phenoxy) is 1. The van der Waals surface area contributed by atoms with Crippen molar-refractivity contribution in [3.63, 3.8) is 0 Å². The van der Waals surface area contributed by atoms with Gasteiger partial charge in [0.15, 0.2) is 0 Å². The second kappa shape index (κ2) is 4.07. The Labute approximate surface area is 127 Å². The fourth-order valence-electron chi connectivity index (χ4n) is 3.95. The maximum atomic E-state index is 10.3. The maximum Gasteiger partial charge on any atom is 0.118 e. The van der Waals surface area contributed by atoms with Gasteiger partial charge < -0.3 is 14.9 Å². The van der Waals surface area contributed by atoms with Gasteiger partial charge in [-0.1, -0.05) is 42.5 Å². The van der Waals surface area contributed by atoms with Crippen molar-refractivity contribution in [3.05, 3.63) is 59.2 Å². The molecule has 110 valence electrons. The molecule has 0 saturated carbocycles. The number of rotatable bonds is 0. The molecule has 3 aromatic rings. The van der Waals surface area contributed by atoms with Crippen molar-refractivity contribution < 1.29 is 14.9 Å². The van der Waals surface area contributed by atoms with Gasteiger partial charge in [-0.2, -0.15) is 0 Å². The molecule has 5 rings (SSSR count). The second-order valence-corrected chi connectivity index (χ2v) is 6.36. The van der Waals surface area contributed by atoms with Crippen molar-refractivity contribution in [1.29, 1.82) is 0 Å². The Bertz CT molecular complexity index is 931. The van der Waals surface area contributed by atoms with Gasteiger partial charge in [0.1, 0.15) is 24.4 Å². The number of aryl methyl sites for hydroxylation is 1. The van der Waals surface area contributed by atoms with Crippen LogP contribution in [0.15, 0.2) is 42.5 Å². The van der Waals surface area contributed by atoms with Gasteiger partial charge in [0, 0.05) is 0 Å². The molecule has 3 nitrogen and oxygen atoms in total. The normalized spacial score (nSPS) is 29.4. The van der Waals surface area contributed by atoms with E-state index in [2.05, 4.69) is 43.3 Å². The Morgan fingerprint density at radius 1 is 0.909 bits per heavy atom. The third kappa shape index (κ3) is 1.46. The molecule has 4 atom stereocenters. The molecule has 0 aromatic heterocycles. The van der Waals surface area contributed by atoms with Gasteiger partial charge in [0.25, 0.3) is 0 Å². The Balaban J connectivity index is 1.92. The largest absolute Gasteiger partial charge is 0.387 e. The van der Waals surface area contributed by atoms with E-state index in [0.29, 0.717) is 0 Å². The van der Waals surface area contributed by atoms with Crippen LogP contribution in [0.1, 0.15) is 28.9 Å². The number of hydrogen-bond donors (Lipinski definition) is 2. The standard InChI is InChI=1S/C19H16O3/c1-9-8-14-12(11-5-3-2-4-10(9)11)6-7-13-15(14)18-19(22-18)17(21)16(13)20/h2-8,16-21H,1H3/t16?,17?,18-,19-/m0/s1. The van der Waals surface area contributed by atoms with Crippen molar-refractivity contribution in [2.45, 2.75) is 31.3 Å². The van der Waals surface area contributed by atoms with E-state index in [0.717, 1.165) is 16.5 Å². The molecular formula is C19H16O3. The lowest BCUT2D eigenvalue weighted by molar-refractivity contribution is 0.000106. The molecule has 22 heavy (non-hydrogen) atoms. The summed E-state index contributed by atoms with van der Waals surface area (Å²) < 4.78 is 5.64. The van der Waals surface area contributed by atoms with E-state index >= 15 is 0 Å². The smallest absolute Gasteiger partial charge is 0.118 e. The molecule has 2 aliphatic rings. The zero-order valence-electron chi connectivity index (χ0n) is 12.2. The first kappa shape index (κ1) is 12.6. The van der Waals surface area contributed by atoms with Crippen molar-refractivity contribution in [3.8, 4) is 0 Å². The summed E-state index contributed by atoms with van der Waals surface area (Å²) in [6.45, 7) is 2.11. The predicted molar refractivity (Wildman–Crippen MR) is 84.8 cm³/mol. The monoisotopic (exact) mass is 292 g/mol. The number of epoxide rings is 1. The lowest BCUT2D eigenvalue weighted by atomic mass is 9.83. The lowest BCUT2D eigenvalue weighted by Crippen LogP contribution is -2.29. The molecule has 3 aromatic carbocycles. The van der Waals surface area contributed by atoms with E-state index in [-0.39, 0.29) is 12.2 Å². The van der Waals surface area contributed by atoms with Crippen molar-refractivity contribution in [1.82, 2.24) is 0 Å². The summed E-state index contributed by atoms with van der Waals surface area (Å²) in [5.41, 5.74) is 3.07. The molecule has 0 spiro atoms. The average molecular weight is 292 g/mol.